The quantitative estimate of drug-likeness (QED) is 0.626. The molecule has 0 bridgehead atoms. The highest BCUT2D eigenvalue weighted by molar-refractivity contribution is 7.90. The van der Waals surface area contributed by atoms with E-state index >= 15 is 0 Å². The number of rotatable bonds is 3. The van der Waals surface area contributed by atoms with Gasteiger partial charge >= 0.3 is 0 Å². The lowest BCUT2D eigenvalue weighted by molar-refractivity contribution is 0.425. The van der Waals surface area contributed by atoms with Crippen molar-refractivity contribution in [2.24, 2.45) is 4.36 Å². The summed E-state index contributed by atoms with van der Waals surface area (Å²) >= 11 is 5.69. The first-order valence-electron chi connectivity index (χ1n) is 4.83. The Hall–Kier alpha value is -1.16. The molecule has 0 aromatic carbocycles. The molecule has 0 aliphatic rings. The molecule has 1 aromatic rings. The van der Waals surface area contributed by atoms with Gasteiger partial charge in [0.05, 0.1) is 0 Å². The van der Waals surface area contributed by atoms with E-state index in [1.165, 1.54) is 6.26 Å². The summed E-state index contributed by atoms with van der Waals surface area (Å²) in [5.74, 6) is 0. The second kappa shape index (κ2) is 5.45. The topological polar surface area (TPSA) is 69.3 Å². The number of hydrogen-bond acceptors (Lipinski definition) is 4. The van der Waals surface area contributed by atoms with Crippen LogP contribution in [0.1, 0.15) is 18.5 Å². The van der Waals surface area contributed by atoms with Gasteiger partial charge in [0.25, 0.3) is 0 Å². The molecule has 0 fully saturated rings. The van der Waals surface area contributed by atoms with Crippen molar-refractivity contribution in [3.05, 3.63) is 29.0 Å². The molecule has 0 saturated carbocycles. The number of aromatic nitrogens is 1. The summed E-state index contributed by atoms with van der Waals surface area (Å²) in [5.41, 5.74) is 0.861. The zero-order chi connectivity index (χ0) is 13.1. The van der Waals surface area contributed by atoms with Gasteiger partial charge in [0, 0.05) is 25.5 Å². The van der Waals surface area contributed by atoms with Crippen LogP contribution in [-0.4, -0.2) is 26.8 Å². The van der Waals surface area contributed by atoms with Crippen molar-refractivity contribution in [2.45, 2.75) is 13.0 Å². The van der Waals surface area contributed by atoms with E-state index in [2.05, 4.69) is 9.35 Å². The standard InChI is InChI=1S/C10H13ClN4OS/c1-8(9-4-5-10(11)13-6-9)15(2)17(3,16)14-7-12/h4-6,8H,1-3H3. The molecule has 0 amide bonds. The van der Waals surface area contributed by atoms with Gasteiger partial charge in [-0.3, -0.25) is 0 Å². The number of nitriles is 1. The zero-order valence-electron chi connectivity index (χ0n) is 9.79. The normalized spacial score (nSPS) is 16.0. The van der Waals surface area contributed by atoms with Crippen LogP contribution in [-0.2, 0) is 9.92 Å². The Morgan fingerprint density at radius 1 is 1.65 bits per heavy atom. The van der Waals surface area contributed by atoms with Gasteiger partial charge in [-0.05, 0) is 18.6 Å². The third-order valence-corrected chi connectivity index (χ3v) is 4.55. The minimum absolute atomic E-state index is 0.172. The minimum Gasteiger partial charge on any atom is -0.244 e. The van der Waals surface area contributed by atoms with E-state index in [0.29, 0.717) is 5.15 Å². The summed E-state index contributed by atoms with van der Waals surface area (Å²) in [6, 6.07) is 3.30. The summed E-state index contributed by atoms with van der Waals surface area (Å²) in [4.78, 5) is 3.96. The van der Waals surface area contributed by atoms with Gasteiger partial charge in [-0.15, -0.1) is 4.36 Å². The molecule has 0 radical (unpaired) electrons. The van der Waals surface area contributed by atoms with Gasteiger partial charge in [-0.25, -0.2) is 13.5 Å². The molecular weight excluding hydrogens is 260 g/mol. The zero-order valence-corrected chi connectivity index (χ0v) is 11.4. The molecule has 7 heteroatoms. The Bertz CT molecular complexity index is 542. The molecule has 1 aromatic heterocycles. The average Bonchev–Trinajstić information content (AvgIpc) is 2.28. The van der Waals surface area contributed by atoms with E-state index in [0.717, 1.165) is 5.56 Å². The van der Waals surface area contributed by atoms with E-state index < -0.39 is 9.92 Å². The second-order valence-corrected chi connectivity index (χ2v) is 6.26. The van der Waals surface area contributed by atoms with Crippen molar-refractivity contribution in [3.63, 3.8) is 0 Å². The van der Waals surface area contributed by atoms with Crippen LogP contribution in [0.15, 0.2) is 22.7 Å². The van der Waals surface area contributed by atoms with Crippen molar-refractivity contribution in [3.8, 4) is 6.19 Å². The van der Waals surface area contributed by atoms with Crippen molar-refractivity contribution >= 4 is 21.5 Å². The number of pyridine rings is 1. The van der Waals surface area contributed by atoms with Crippen LogP contribution in [0.4, 0.5) is 0 Å². The monoisotopic (exact) mass is 272 g/mol. The minimum atomic E-state index is -2.68. The van der Waals surface area contributed by atoms with Crippen molar-refractivity contribution < 1.29 is 4.21 Å². The second-order valence-electron chi connectivity index (χ2n) is 3.59. The van der Waals surface area contributed by atoms with Gasteiger partial charge in [-0.2, -0.15) is 5.26 Å². The van der Waals surface area contributed by atoms with Crippen molar-refractivity contribution in [2.75, 3.05) is 13.3 Å². The lowest BCUT2D eigenvalue weighted by Crippen LogP contribution is -2.28. The summed E-state index contributed by atoms with van der Waals surface area (Å²) < 4.78 is 17.0. The van der Waals surface area contributed by atoms with Crippen LogP contribution in [0.2, 0.25) is 5.15 Å². The molecule has 0 N–H and O–H groups in total. The molecule has 2 atom stereocenters. The first-order chi connectivity index (χ1) is 7.88. The fourth-order valence-corrected chi connectivity index (χ4v) is 2.38. The maximum atomic E-state index is 12.1. The smallest absolute Gasteiger partial charge is 0.215 e. The largest absolute Gasteiger partial charge is 0.244 e. The maximum absolute atomic E-state index is 12.1. The molecular formula is C10H13ClN4OS. The fourth-order valence-electron chi connectivity index (χ4n) is 1.28. The van der Waals surface area contributed by atoms with Crippen molar-refractivity contribution in [1.29, 1.82) is 5.26 Å². The van der Waals surface area contributed by atoms with Gasteiger partial charge in [0.15, 0.2) is 0 Å². The Morgan fingerprint density at radius 3 is 2.76 bits per heavy atom. The van der Waals surface area contributed by atoms with E-state index in [4.69, 9.17) is 16.9 Å². The number of hydrogen-bond donors (Lipinski definition) is 0. The highest BCUT2D eigenvalue weighted by atomic mass is 35.5. The maximum Gasteiger partial charge on any atom is 0.215 e. The molecule has 92 valence electrons. The molecule has 0 spiro atoms. The first kappa shape index (κ1) is 13.9. The Balaban J connectivity index is 3.03. The van der Waals surface area contributed by atoms with Crippen LogP contribution < -0.4 is 0 Å². The highest BCUT2D eigenvalue weighted by Gasteiger charge is 2.19. The molecule has 1 rings (SSSR count). The summed E-state index contributed by atoms with van der Waals surface area (Å²) in [5, 5.41) is 8.89. The van der Waals surface area contributed by atoms with Crippen LogP contribution in [0.3, 0.4) is 0 Å². The van der Waals surface area contributed by atoms with E-state index in [1.54, 1.807) is 35.9 Å². The van der Waals surface area contributed by atoms with Gasteiger partial charge in [-0.1, -0.05) is 17.7 Å². The lowest BCUT2D eigenvalue weighted by Gasteiger charge is -2.24. The van der Waals surface area contributed by atoms with Gasteiger partial charge in [0.2, 0.25) is 6.19 Å². The SMILES string of the molecule is CC(c1ccc(Cl)nc1)N(C)S(C)(=O)=NC#N. The molecule has 1 heterocycles. The predicted octanol–water partition coefficient (Wildman–Crippen LogP) is 2.22. The number of nitrogens with zero attached hydrogens (tertiary/aromatic N) is 4. The Labute approximate surface area is 106 Å². The number of halogens is 1. The third-order valence-electron chi connectivity index (χ3n) is 2.52. The highest BCUT2D eigenvalue weighted by Crippen LogP contribution is 2.21. The summed E-state index contributed by atoms with van der Waals surface area (Å²) in [6.07, 6.45) is 4.62. The van der Waals surface area contributed by atoms with E-state index in [9.17, 15) is 4.21 Å². The molecule has 0 saturated heterocycles. The molecule has 17 heavy (non-hydrogen) atoms. The first-order valence-corrected chi connectivity index (χ1v) is 7.09. The van der Waals surface area contributed by atoms with Gasteiger partial charge < -0.3 is 0 Å². The summed E-state index contributed by atoms with van der Waals surface area (Å²) in [6.45, 7) is 1.86. The van der Waals surface area contributed by atoms with Crippen LogP contribution in [0, 0.1) is 11.5 Å². The molecule has 5 nitrogen and oxygen atoms in total. The Morgan fingerprint density at radius 2 is 2.29 bits per heavy atom. The predicted molar refractivity (Wildman–Crippen MR) is 67.5 cm³/mol. The molecule has 0 aliphatic carbocycles. The van der Waals surface area contributed by atoms with E-state index in [1.807, 2.05) is 6.92 Å². The van der Waals surface area contributed by atoms with Crippen molar-refractivity contribution in [1.82, 2.24) is 9.29 Å². The Kier molecular flexibility index (Phi) is 4.46. The van der Waals surface area contributed by atoms with Gasteiger partial charge in [0.1, 0.15) is 15.1 Å². The molecule has 0 aliphatic heterocycles. The third kappa shape index (κ3) is 3.40. The molecule has 2 unspecified atom stereocenters. The average molecular weight is 273 g/mol. The van der Waals surface area contributed by atoms with Crippen LogP contribution in [0.5, 0.6) is 0 Å². The fraction of sp³-hybridized carbons (Fsp3) is 0.400. The van der Waals surface area contributed by atoms with E-state index in [-0.39, 0.29) is 6.04 Å². The van der Waals surface area contributed by atoms with Crippen LogP contribution >= 0.6 is 11.6 Å². The lowest BCUT2D eigenvalue weighted by atomic mass is 10.1. The van der Waals surface area contributed by atoms with Crippen LogP contribution in [0.25, 0.3) is 0 Å². The summed E-state index contributed by atoms with van der Waals surface area (Å²) in [7, 11) is -1.03.